The van der Waals surface area contributed by atoms with E-state index in [1.165, 1.54) is 4.90 Å². The van der Waals surface area contributed by atoms with Gasteiger partial charge in [0.25, 0.3) is 0 Å². The summed E-state index contributed by atoms with van der Waals surface area (Å²) in [5.41, 5.74) is 8.92. The standard InChI is InChI=1S/C11H9N3S/c12-11-13-5-7-6-15-9-4-2-1-3-8(9)10(7)14-11/h1-5H,6H2,(H2,12,13,14). The minimum Gasteiger partial charge on any atom is -0.368 e. The molecule has 4 heteroatoms. The molecule has 0 saturated carbocycles. The summed E-state index contributed by atoms with van der Waals surface area (Å²) in [5.74, 6) is 1.27. The summed E-state index contributed by atoms with van der Waals surface area (Å²) in [6, 6.07) is 8.25. The third-order valence-electron chi connectivity index (χ3n) is 2.41. The van der Waals surface area contributed by atoms with Gasteiger partial charge in [0, 0.05) is 28.0 Å². The van der Waals surface area contributed by atoms with Crippen molar-refractivity contribution in [3.05, 3.63) is 36.0 Å². The van der Waals surface area contributed by atoms with Gasteiger partial charge in [-0.25, -0.2) is 9.97 Å². The number of thioether (sulfide) groups is 1. The maximum Gasteiger partial charge on any atom is 0.220 e. The van der Waals surface area contributed by atoms with Crippen molar-refractivity contribution >= 4 is 17.7 Å². The molecule has 2 aromatic rings. The second-order valence-electron chi connectivity index (χ2n) is 3.39. The Hall–Kier alpha value is -1.55. The Morgan fingerprint density at radius 1 is 1.27 bits per heavy atom. The molecule has 0 aliphatic carbocycles. The average molecular weight is 215 g/mol. The quantitative estimate of drug-likeness (QED) is 0.732. The van der Waals surface area contributed by atoms with Crippen LogP contribution >= 0.6 is 11.8 Å². The van der Waals surface area contributed by atoms with Gasteiger partial charge in [0.05, 0.1) is 5.69 Å². The second-order valence-corrected chi connectivity index (χ2v) is 4.40. The fourth-order valence-electron chi connectivity index (χ4n) is 1.70. The highest BCUT2D eigenvalue weighted by molar-refractivity contribution is 7.98. The number of fused-ring (bicyclic) bond motifs is 3. The Balaban J connectivity index is 2.28. The van der Waals surface area contributed by atoms with Gasteiger partial charge in [-0.2, -0.15) is 0 Å². The average Bonchev–Trinajstić information content (AvgIpc) is 2.29. The van der Waals surface area contributed by atoms with Crippen LogP contribution in [0.3, 0.4) is 0 Å². The molecule has 2 heterocycles. The molecule has 0 atom stereocenters. The van der Waals surface area contributed by atoms with E-state index in [4.69, 9.17) is 5.73 Å². The predicted octanol–water partition coefficient (Wildman–Crippen LogP) is 2.33. The normalized spacial score (nSPS) is 13.1. The van der Waals surface area contributed by atoms with Crippen LogP contribution in [0, 0.1) is 0 Å². The molecule has 0 bridgehead atoms. The van der Waals surface area contributed by atoms with Gasteiger partial charge in [-0.1, -0.05) is 18.2 Å². The highest BCUT2D eigenvalue weighted by Gasteiger charge is 2.17. The number of hydrogen-bond acceptors (Lipinski definition) is 4. The summed E-state index contributed by atoms with van der Waals surface area (Å²) < 4.78 is 0. The third kappa shape index (κ3) is 1.37. The first-order chi connectivity index (χ1) is 7.34. The van der Waals surface area contributed by atoms with E-state index in [0.717, 1.165) is 22.6 Å². The molecule has 1 aromatic heterocycles. The van der Waals surface area contributed by atoms with Crippen LogP contribution in [0.4, 0.5) is 5.95 Å². The first-order valence-electron chi connectivity index (χ1n) is 4.68. The molecule has 1 aliphatic rings. The van der Waals surface area contributed by atoms with Gasteiger partial charge in [-0.3, -0.25) is 0 Å². The van der Waals surface area contributed by atoms with Crippen LogP contribution < -0.4 is 5.73 Å². The van der Waals surface area contributed by atoms with Gasteiger partial charge in [0.2, 0.25) is 5.95 Å². The number of rotatable bonds is 0. The van der Waals surface area contributed by atoms with Gasteiger partial charge >= 0.3 is 0 Å². The van der Waals surface area contributed by atoms with Crippen LogP contribution in [-0.4, -0.2) is 9.97 Å². The fourth-order valence-corrected chi connectivity index (χ4v) is 2.72. The van der Waals surface area contributed by atoms with Gasteiger partial charge < -0.3 is 5.73 Å². The Morgan fingerprint density at radius 3 is 3.07 bits per heavy atom. The zero-order valence-electron chi connectivity index (χ0n) is 7.97. The van der Waals surface area contributed by atoms with Crippen molar-refractivity contribution in [3.8, 4) is 11.3 Å². The van der Waals surface area contributed by atoms with Crippen molar-refractivity contribution in [3.63, 3.8) is 0 Å². The van der Waals surface area contributed by atoms with Crippen molar-refractivity contribution in [2.75, 3.05) is 5.73 Å². The van der Waals surface area contributed by atoms with Crippen molar-refractivity contribution in [2.24, 2.45) is 0 Å². The number of nitrogens with zero attached hydrogens (tertiary/aromatic N) is 2. The van der Waals surface area contributed by atoms with E-state index in [1.807, 2.05) is 30.1 Å². The van der Waals surface area contributed by atoms with Crippen LogP contribution in [0.1, 0.15) is 5.56 Å². The van der Waals surface area contributed by atoms with Crippen LogP contribution in [-0.2, 0) is 5.75 Å². The lowest BCUT2D eigenvalue weighted by molar-refractivity contribution is 1.12. The summed E-state index contributed by atoms with van der Waals surface area (Å²) in [7, 11) is 0. The first kappa shape index (κ1) is 8.73. The minimum absolute atomic E-state index is 0.343. The second kappa shape index (κ2) is 3.24. The van der Waals surface area contributed by atoms with Crippen molar-refractivity contribution in [1.82, 2.24) is 9.97 Å². The largest absolute Gasteiger partial charge is 0.368 e. The van der Waals surface area contributed by atoms with E-state index in [1.54, 1.807) is 0 Å². The lowest BCUT2D eigenvalue weighted by Gasteiger charge is -2.17. The van der Waals surface area contributed by atoms with E-state index in [2.05, 4.69) is 22.1 Å². The Kier molecular flexibility index (Phi) is 1.89. The number of nitrogen functional groups attached to an aromatic ring is 1. The van der Waals surface area contributed by atoms with E-state index in [-0.39, 0.29) is 0 Å². The van der Waals surface area contributed by atoms with E-state index >= 15 is 0 Å². The van der Waals surface area contributed by atoms with Crippen molar-refractivity contribution < 1.29 is 0 Å². The molecule has 3 rings (SSSR count). The molecule has 0 unspecified atom stereocenters. The molecule has 0 saturated heterocycles. The molecule has 1 aliphatic heterocycles. The molecular formula is C11H9N3S. The Bertz CT molecular complexity index is 525. The monoisotopic (exact) mass is 215 g/mol. The van der Waals surface area contributed by atoms with Gasteiger partial charge in [0.1, 0.15) is 0 Å². The molecule has 0 fully saturated rings. The highest BCUT2D eigenvalue weighted by Crippen LogP contribution is 2.39. The molecule has 74 valence electrons. The van der Waals surface area contributed by atoms with Crippen LogP contribution in [0.15, 0.2) is 35.4 Å². The van der Waals surface area contributed by atoms with Crippen LogP contribution in [0.2, 0.25) is 0 Å². The maximum atomic E-state index is 5.61. The molecule has 1 aromatic carbocycles. The summed E-state index contributed by atoms with van der Waals surface area (Å²) in [4.78, 5) is 9.59. The number of nitrogens with two attached hydrogens (primary N) is 1. The van der Waals surface area contributed by atoms with Crippen LogP contribution in [0.5, 0.6) is 0 Å². The Morgan fingerprint density at radius 2 is 2.13 bits per heavy atom. The summed E-state index contributed by atoms with van der Waals surface area (Å²) in [6.07, 6.45) is 1.82. The molecule has 0 spiro atoms. The third-order valence-corrected chi connectivity index (χ3v) is 3.53. The smallest absolute Gasteiger partial charge is 0.220 e. The summed E-state index contributed by atoms with van der Waals surface area (Å²) >= 11 is 1.82. The molecule has 0 radical (unpaired) electrons. The maximum absolute atomic E-state index is 5.61. The zero-order valence-corrected chi connectivity index (χ0v) is 8.79. The molecular weight excluding hydrogens is 206 g/mol. The van der Waals surface area contributed by atoms with E-state index < -0.39 is 0 Å². The SMILES string of the molecule is Nc1ncc2c(n1)-c1ccccc1SC2. The minimum atomic E-state index is 0.343. The zero-order chi connectivity index (χ0) is 10.3. The Labute approximate surface area is 91.7 Å². The van der Waals surface area contributed by atoms with E-state index in [9.17, 15) is 0 Å². The fraction of sp³-hybridized carbons (Fsp3) is 0.0909. The number of aromatic nitrogens is 2. The van der Waals surface area contributed by atoms with Crippen molar-refractivity contribution in [2.45, 2.75) is 10.6 Å². The predicted molar refractivity (Wildman–Crippen MR) is 61.4 cm³/mol. The molecule has 15 heavy (non-hydrogen) atoms. The molecule has 2 N–H and O–H groups in total. The first-order valence-corrected chi connectivity index (χ1v) is 5.67. The summed E-state index contributed by atoms with van der Waals surface area (Å²) in [6.45, 7) is 0. The van der Waals surface area contributed by atoms with E-state index in [0.29, 0.717) is 5.95 Å². The number of hydrogen-bond donors (Lipinski definition) is 1. The van der Waals surface area contributed by atoms with Gasteiger partial charge in [-0.05, 0) is 6.07 Å². The molecule has 0 amide bonds. The van der Waals surface area contributed by atoms with Crippen LogP contribution in [0.25, 0.3) is 11.3 Å². The number of benzene rings is 1. The van der Waals surface area contributed by atoms with Crippen molar-refractivity contribution in [1.29, 1.82) is 0 Å². The molecule has 3 nitrogen and oxygen atoms in total. The lowest BCUT2D eigenvalue weighted by atomic mass is 10.1. The lowest BCUT2D eigenvalue weighted by Crippen LogP contribution is -2.03. The highest BCUT2D eigenvalue weighted by atomic mass is 32.2. The van der Waals surface area contributed by atoms with Gasteiger partial charge in [-0.15, -0.1) is 11.8 Å². The number of anilines is 1. The topological polar surface area (TPSA) is 51.8 Å². The summed E-state index contributed by atoms with van der Waals surface area (Å²) in [5, 5.41) is 0. The van der Waals surface area contributed by atoms with Gasteiger partial charge in [0.15, 0.2) is 0 Å².